The van der Waals surface area contributed by atoms with Gasteiger partial charge in [0, 0.05) is 12.0 Å². The molecular formula is C21H21Cl2NO6. The fourth-order valence-corrected chi connectivity index (χ4v) is 3.49. The summed E-state index contributed by atoms with van der Waals surface area (Å²) in [5.74, 6) is -0.0475. The maximum Gasteiger partial charge on any atom is 0.338 e. The molecule has 1 amide bonds. The third-order valence-corrected chi connectivity index (χ3v) is 5.00. The van der Waals surface area contributed by atoms with Gasteiger partial charge < -0.3 is 24.3 Å². The molecule has 2 aromatic carbocycles. The molecule has 0 saturated carbocycles. The summed E-state index contributed by atoms with van der Waals surface area (Å²) in [5.41, 5.74) is 0.717. The van der Waals surface area contributed by atoms with Gasteiger partial charge in [-0.2, -0.15) is 0 Å². The number of rotatable bonds is 7. The minimum absolute atomic E-state index is 0.100. The third kappa shape index (κ3) is 5.16. The van der Waals surface area contributed by atoms with Crippen molar-refractivity contribution < 1.29 is 28.5 Å². The number of methoxy groups -OCH3 is 1. The lowest BCUT2D eigenvalue weighted by molar-refractivity contribution is 0.0526. The number of amides is 1. The van der Waals surface area contributed by atoms with Crippen LogP contribution in [0.3, 0.4) is 0 Å². The van der Waals surface area contributed by atoms with Gasteiger partial charge in [-0.15, -0.1) is 0 Å². The number of benzene rings is 2. The number of hydrogen-bond acceptors (Lipinski definition) is 6. The zero-order valence-electron chi connectivity index (χ0n) is 16.5. The van der Waals surface area contributed by atoms with E-state index in [0.29, 0.717) is 30.3 Å². The molecule has 0 spiro atoms. The molecule has 0 radical (unpaired) electrons. The van der Waals surface area contributed by atoms with Crippen LogP contribution >= 0.6 is 23.2 Å². The van der Waals surface area contributed by atoms with Gasteiger partial charge in [-0.05, 0) is 37.3 Å². The molecule has 7 nitrogen and oxygen atoms in total. The Kier molecular flexibility index (Phi) is 7.42. The first-order chi connectivity index (χ1) is 14.4. The topological polar surface area (TPSA) is 83.1 Å². The first-order valence-electron chi connectivity index (χ1n) is 9.32. The third-order valence-electron chi connectivity index (χ3n) is 4.40. The number of carbonyl (C=O) groups is 2. The van der Waals surface area contributed by atoms with E-state index in [9.17, 15) is 9.59 Å². The van der Waals surface area contributed by atoms with Crippen LogP contribution in [0.25, 0.3) is 0 Å². The molecule has 1 aliphatic heterocycles. The maximum atomic E-state index is 12.8. The van der Waals surface area contributed by atoms with E-state index in [4.69, 9.17) is 42.1 Å². The highest BCUT2D eigenvalue weighted by atomic mass is 35.5. The van der Waals surface area contributed by atoms with Gasteiger partial charge in [-0.3, -0.25) is 4.79 Å². The van der Waals surface area contributed by atoms with Crippen molar-refractivity contribution in [3.8, 4) is 11.5 Å². The van der Waals surface area contributed by atoms with Crippen molar-refractivity contribution in [2.45, 2.75) is 19.4 Å². The van der Waals surface area contributed by atoms with E-state index in [0.717, 1.165) is 6.42 Å². The molecule has 0 bridgehead atoms. The summed E-state index contributed by atoms with van der Waals surface area (Å²) in [6.45, 7) is 3.03. The average Bonchev–Trinajstić information content (AvgIpc) is 3.23. The molecule has 9 heteroatoms. The van der Waals surface area contributed by atoms with Crippen LogP contribution < -0.4 is 14.8 Å². The minimum Gasteiger partial charge on any atom is -0.493 e. The maximum absolute atomic E-state index is 12.8. The van der Waals surface area contributed by atoms with E-state index < -0.39 is 11.9 Å². The number of anilines is 1. The van der Waals surface area contributed by atoms with E-state index in [2.05, 4.69) is 5.32 Å². The lowest BCUT2D eigenvalue weighted by Gasteiger charge is -2.16. The summed E-state index contributed by atoms with van der Waals surface area (Å²) in [6, 6.07) is 7.61. The molecule has 3 rings (SSSR count). The van der Waals surface area contributed by atoms with Crippen molar-refractivity contribution in [2.75, 3.05) is 32.2 Å². The number of halogens is 2. The Morgan fingerprint density at radius 3 is 2.47 bits per heavy atom. The summed E-state index contributed by atoms with van der Waals surface area (Å²) < 4.78 is 21.5. The summed E-state index contributed by atoms with van der Waals surface area (Å²) in [4.78, 5) is 24.7. The summed E-state index contributed by atoms with van der Waals surface area (Å²) in [7, 11) is 1.53. The van der Waals surface area contributed by atoms with E-state index in [1.165, 1.54) is 19.2 Å². The second-order valence-corrected chi connectivity index (χ2v) is 7.27. The van der Waals surface area contributed by atoms with Gasteiger partial charge in [-0.25, -0.2) is 4.79 Å². The summed E-state index contributed by atoms with van der Waals surface area (Å²) in [6.07, 6.45) is 0.661. The lowest BCUT2D eigenvalue weighted by Crippen LogP contribution is -2.17. The Morgan fingerprint density at radius 2 is 1.87 bits per heavy atom. The fraction of sp³-hybridized carbons (Fsp3) is 0.333. The van der Waals surface area contributed by atoms with Gasteiger partial charge in [0.2, 0.25) is 0 Å². The second kappa shape index (κ2) is 10.0. The van der Waals surface area contributed by atoms with Gasteiger partial charge in [0.15, 0.2) is 11.5 Å². The van der Waals surface area contributed by atoms with Crippen molar-refractivity contribution in [1.29, 1.82) is 0 Å². The number of carbonyl (C=O) groups excluding carboxylic acids is 2. The molecule has 160 valence electrons. The molecule has 1 fully saturated rings. The first-order valence-corrected chi connectivity index (χ1v) is 10.1. The Morgan fingerprint density at radius 1 is 1.13 bits per heavy atom. The van der Waals surface area contributed by atoms with E-state index in [1.54, 1.807) is 25.1 Å². The highest BCUT2D eigenvalue weighted by Gasteiger charge is 2.21. The predicted octanol–water partition coefficient (Wildman–Crippen LogP) is 4.60. The van der Waals surface area contributed by atoms with Crippen LogP contribution in [0.15, 0.2) is 30.3 Å². The highest BCUT2D eigenvalue weighted by Crippen LogP contribution is 2.34. The first kappa shape index (κ1) is 22.2. The number of nitrogens with one attached hydrogen (secondary N) is 1. The van der Waals surface area contributed by atoms with Crippen molar-refractivity contribution in [3.05, 3.63) is 51.5 Å². The Bertz CT molecular complexity index is 920. The molecule has 2 aromatic rings. The summed E-state index contributed by atoms with van der Waals surface area (Å²) in [5, 5.41) is 2.91. The molecule has 1 atom stereocenters. The zero-order chi connectivity index (χ0) is 21.7. The van der Waals surface area contributed by atoms with Gasteiger partial charge in [0.25, 0.3) is 5.91 Å². The number of ether oxygens (including phenoxy) is 4. The van der Waals surface area contributed by atoms with Gasteiger partial charge in [0.05, 0.1) is 48.2 Å². The average molecular weight is 454 g/mol. The summed E-state index contributed by atoms with van der Waals surface area (Å²) >= 11 is 12.5. The van der Waals surface area contributed by atoms with Crippen LogP contribution in [0.5, 0.6) is 11.5 Å². The molecule has 0 aromatic heterocycles. The monoisotopic (exact) mass is 453 g/mol. The van der Waals surface area contributed by atoms with E-state index >= 15 is 0 Å². The lowest BCUT2D eigenvalue weighted by atomic mass is 10.1. The smallest absolute Gasteiger partial charge is 0.338 e. The van der Waals surface area contributed by atoms with Crippen molar-refractivity contribution in [3.63, 3.8) is 0 Å². The number of esters is 1. The molecule has 1 heterocycles. The normalized spacial score (nSPS) is 15.5. The zero-order valence-corrected chi connectivity index (χ0v) is 18.0. The quantitative estimate of drug-likeness (QED) is 0.616. The second-order valence-electron chi connectivity index (χ2n) is 6.46. The van der Waals surface area contributed by atoms with E-state index in [1.807, 2.05) is 0 Å². The van der Waals surface area contributed by atoms with Crippen LogP contribution in [-0.2, 0) is 9.47 Å². The van der Waals surface area contributed by atoms with Crippen LogP contribution in [0.2, 0.25) is 10.0 Å². The molecule has 0 aliphatic carbocycles. The van der Waals surface area contributed by atoms with Crippen LogP contribution in [-0.4, -0.2) is 44.9 Å². The Labute approximate surface area is 184 Å². The highest BCUT2D eigenvalue weighted by molar-refractivity contribution is 6.40. The molecule has 30 heavy (non-hydrogen) atoms. The van der Waals surface area contributed by atoms with Gasteiger partial charge in [-0.1, -0.05) is 23.2 Å². The molecule has 1 N–H and O–H groups in total. The largest absolute Gasteiger partial charge is 0.493 e. The van der Waals surface area contributed by atoms with Crippen LogP contribution in [0.1, 0.15) is 34.1 Å². The molecule has 1 saturated heterocycles. The molecule has 1 unspecified atom stereocenters. The van der Waals surface area contributed by atoms with E-state index in [-0.39, 0.29) is 34.0 Å². The Hall–Kier alpha value is -2.48. The molecular weight excluding hydrogens is 433 g/mol. The van der Waals surface area contributed by atoms with Gasteiger partial charge >= 0.3 is 5.97 Å². The minimum atomic E-state index is -0.549. The van der Waals surface area contributed by atoms with Crippen molar-refractivity contribution in [2.24, 2.45) is 0 Å². The number of hydrogen-bond donors (Lipinski definition) is 1. The van der Waals surface area contributed by atoms with Crippen molar-refractivity contribution in [1.82, 2.24) is 0 Å². The SMILES string of the molecule is CCOC(=O)c1cc(Cl)c(NC(=O)c2ccc(OC)c(OC3CCOC3)c2)c(Cl)c1. The molecule has 1 aliphatic rings. The predicted molar refractivity (Wildman–Crippen MR) is 113 cm³/mol. The van der Waals surface area contributed by atoms with Crippen LogP contribution in [0, 0.1) is 0 Å². The standard InChI is InChI=1S/C21H21Cl2NO6/c1-3-29-21(26)13-8-15(22)19(16(23)9-13)24-20(25)12-4-5-17(27-2)18(10-12)30-14-6-7-28-11-14/h4-5,8-10,14H,3,6-7,11H2,1-2H3,(H,24,25). The van der Waals surface area contributed by atoms with Crippen LogP contribution in [0.4, 0.5) is 5.69 Å². The van der Waals surface area contributed by atoms with Gasteiger partial charge in [0.1, 0.15) is 6.10 Å². The van der Waals surface area contributed by atoms with Crippen molar-refractivity contribution >= 4 is 40.8 Å². The fourth-order valence-electron chi connectivity index (χ4n) is 2.91. The Balaban J connectivity index is 1.81.